The number of benzene rings is 1. The number of anilines is 3. The highest BCUT2D eigenvalue weighted by Gasteiger charge is 2.10. The summed E-state index contributed by atoms with van der Waals surface area (Å²) in [6.07, 6.45) is 10.2. The zero-order chi connectivity index (χ0) is 20.5. The molecule has 29 heavy (non-hydrogen) atoms. The summed E-state index contributed by atoms with van der Waals surface area (Å²) in [4.78, 5) is 19.1. The zero-order valence-corrected chi connectivity index (χ0v) is 17.6. The topological polar surface area (TPSA) is 57.3 Å². The fraction of sp³-hybridized carbons (Fsp3) is 0.417. The summed E-state index contributed by atoms with van der Waals surface area (Å²) in [7, 11) is 0. The van der Waals surface area contributed by atoms with Crippen LogP contribution < -0.4 is 15.5 Å². The molecule has 1 aromatic heterocycles. The Morgan fingerprint density at radius 3 is 2.55 bits per heavy atom. The maximum atomic E-state index is 12.6. The summed E-state index contributed by atoms with van der Waals surface area (Å²) >= 11 is 0. The summed E-state index contributed by atoms with van der Waals surface area (Å²) in [5.74, 6) is -0.195. The molecule has 3 rings (SSSR count). The van der Waals surface area contributed by atoms with E-state index in [0.717, 1.165) is 43.1 Å². The third kappa shape index (κ3) is 6.08. The van der Waals surface area contributed by atoms with Crippen LogP contribution in [-0.2, 0) is 0 Å². The van der Waals surface area contributed by atoms with Crippen molar-refractivity contribution in [2.75, 3.05) is 35.2 Å². The second-order valence-corrected chi connectivity index (χ2v) is 7.39. The van der Waals surface area contributed by atoms with Gasteiger partial charge in [-0.05, 0) is 82.3 Å². The van der Waals surface area contributed by atoms with Gasteiger partial charge in [-0.3, -0.25) is 9.78 Å². The number of carbonyl (C=O) groups is 1. The van der Waals surface area contributed by atoms with Crippen LogP contribution >= 0.6 is 0 Å². The van der Waals surface area contributed by atoms with Gasteiger partial charge in [0.2, 0.25) is 0 Å². The molecule has 1 aliphatic carbocycles. The first-order valence-electron chi connectivity index (χ1n) is 10.7. The fourth-order valence-electron chi connectivity index (χ4n) is 3.70. The third-order valence-corrected chi connectivity index (χ3v) is 5.41. The molecule has 0 fully saturated rings. The second kappa shape index (κ2) is 10.6. The van der Waals surface area contributed by atoms with Gasteiger partial charge in [0.05, 0.1) is 0 Å². The molecule has 0 spiro atoms. The van der Waals surface area contributed by atoms with Gasteiger partial charge >= 0.3 is 0 Å². The van der Waals surface area contributed by atoms with Crippen molar-refractivity contribution >= 4 is 23.0 Å². The molecular formula is C24H32N4O. The van der Waals surface area contributed by atoms with E-state index in [9.17, 15) is 4.79 Å². The lowest BCUT2D eigenvalue weighted by Crippen LogP contribution is -2.21. The van der Waals surface area contributed by atoms with Gasteiger partial charge in [-0.1, -0.05) is 11.6 Å². The molecule has 0 bridgehead atoms. The first kappa shape index (κ1) is 20.9. The number of nitrogens with one attached hydrogen (secondary N) is 2. The summed E-state index contributed by atoms with van der Waals surface area (Å²) in [5, 5.41) is 6.36. The van der Waals surface area contributed by atoms with Gasteiger partial charge in [-0.2, -0.15) is 0 Å². The molecular weight excluding hydrogens is 360 g/mol. The molecule has 2 aromatic rings. The lowest BCUT2D eigenvalue weighted by molar-refractivity contribution is 0.102. The van der Waals surface area contributed by atoms with Crippen molar-refractivity contribution in [3.8, 4) is 0 Å². The van der Waals surface area contributed by atoms with E-state index in [1.54, 1.807) is 11.8 Å². The van der Waals surface area contributed by atoms with E-state index in [2.05, 4.69) is 40.4 Å². The van der Waals surface area contributed by atoms with Crippen molar-refractivity contribution in [1.29, 1.82) is 0 Å². The van der Waals surface area contributed by atoms with Crippen molar-refractivity contribution in [1.82, 2.24) is 4.98 Å². The maximum Gasteiger partial charge on any atom is 0.274 e. The Morgan fingerprint density at radius 2 is 1.86 bits per heavy atom. The van der Waals surface area contributed by atoms with Gasteiger partial charge in [0.1, 0.15) is 5.69 Å². The van der Waals surface area contributed by atoms with Gasteiger partial charge < -0.3 is 15.5 Å². The Bertz CT molecular complexity index is 825. The monoisotopic (exact) mass is 392 g/mol. The molecule has 5 heteroatoms. The lowest BCUT2D eigenvalue weighted by atomic mass is 9.97. The van der Waals surface area contributed by atoms with Gasteiger partial charge in [-0.25, -0.2) is 0 Å². The normalized spacial score (nSPS) is 13.5. The van der Waals surface area contributed by atoms with Crippen molar-refractivity contribution in [2.24, 2.45) is 0 Å². The van der Waals surface area contributed by atoms with Crippen LogP contribution in [0.4, 0.5) is 17.1 Å². The minimum atomic E-state index is -0.195. The first-order valence-corrected chi connectivity index (χ1v) is 10.7. The van der Waals surface area contributed by atoms with Gasteiger partial charge in [0.25, 0.3) is 5.91 Å². The van der Waals surface area contributed by atoms with Crippen LogP contribution in [0.25, 0.3) is 0 Å². The van der Waals surface area contributed by atoms with Crippen LogP contribution in [0.2, 0.25) is 0 Å². The first-order chi connectivity index (χ1) is 14.2. The van der Waals surface area contributed by atoms with E-state index >= 15 is 0 Å². The quantitative estimate of drug-likeness (QED) is 0.555. The van der Waals surface area contributed by atoms with Crippen LogP contribution in [-0.4, -0.2) is 30.5 Å². The highest BCUT2D eigenvalue weighted by Crippen LogP contribution is 2.21. The lowest BCUT2D eigenvalue weighted by Gasteiger charge is -2.21. The molecule has 5 nitrogen and oxygen atoms in total. The van der Waals surface area contributed by atoms with Crippen molar-refractivity contribution in [2.45, 2.75) is 46.0 Å². The molecule has 0 radical (unpaired) electrons. The van der Waals surface area contributed by atoms with E-state index in [-0.39, 0.29) is 5.91 Å². The SMILES string of the molecule is CCN(CC)c1ccc(NC(=O)c2cc(NCCC3=CCCCC3)ccn2)cc1. The Labute approximate surface area is 174 Å². The van der Waals surface area contributed by atoms with E-state index in [0.29, 0.717) is 5.69 Å². The predicted octanol–water partition coefficient (Wildman–Crippen LogP) is 5.48. The number of pyridine rings is 1. The van der Waals surface area contributed by atoms with E-state index < -0.39 is 0 Å². The highest BCUT2D eigenvalue weighted by molar-refractivity contribution is 6.03. The molecule has 1 amide bonds. The van der Waals surface area contributed by atoms with E-state index in [1.165, 1.54) is 25.7 Å². The van der Waals surface area contributed by atoms with Crippen LogP contribution in [0.1, 0.15) is 56.4 Å². The van der Waals surface area contributed by atoms with Gasteiger partial charge in [0.15, 0.2) is 0 Å². The number of aromatic nitrogens is 1. The molecule has 0 aliphatic heterocycles. The van der Waals surface area contributed by atoms with Crippen LogP contribution in [0, 0.1) is 0 Å². The fourth-order valence-corrected chi connectivity index (χ4v) is 3.70. The zero-order valence-electron chi connectivity index (χ0n) is 17.6. The number of hydrogen-bond acceptors (Lipinski definition) is 4. The number of rotatable bonds is 9. The minimum absolute atomic E-state index is 0.195. The molecule has 1 aromatic carbocycles. The molecule has 0 unspecified atom stereocenters. The molecule has 1 heterocycles. The Hall–Kier alpha value is -2.82. The molecule has 0 saturated heterocycles. The number of carbonyl (C=O) groups excluding carboxylic acids is 1. The molecule has 154 valence electrons. The smallest absolute Gasteiger partial charge is 0.274 e. The highest BCUT2D eigenvalue weighted by atomic mass is 16.1. The van der Waals surface area contributed by atoms with Crippen LogP contribution in [0.15, 0.2) is 54.2 Å². The minimum Gasteiger partial charge on any atom is -0.385 e. The molecule has 2 N–H and O–H groups in total. The number of allylic oxidation sites excluding steroid dienone is 1. The average Bonchev–Trinajstić information content (AvgIpc) is 2.77. The largest absolute Gasteiger partial charge is 0.385 e. The Balaban J connectivity index is 1.55. The maximum absolute atomic E-state index is 12.6. The number of nitrogens with zero attached hydrogens (tertiary/aromatic N) is 2. The van der Waals surface area contributed by atoms with E-state index in [1.807, 2.05) is 36.4 Å². The molecule has 1 aliphatic rings. The standard InChI is InChI=1S/C24H32N4O/c1-3-28(4-2)22-12-10-20(11-13-22)27-24(29)23-18-21(15-17-26-23)25-16-14-19-8-6-5-7-9-19/h8,10-13,15,17-18H,3-7,9,14,16H2,1-2H3,(H,25,26)(H,27,29). The summed E-state index contributed by atoms with van der Waals surface area (Å²) < 4.78 is 0. The summed E-state index contributed by atoms with van der Waals surface area (Å²) in [6.45, 7) is 7.08. The molecule has 0 saturated carbocycles. The summed E-state index contributed by atoms with van der Waals surface area (Å²) in [5.41, 5.74) is 4.82. The average molecular weight is 393 g/mol. The second-order valence-electron chi connectivity index (χ2n) is 7.39. The van der Waals surface area contributed by atoms with Gasteiger partial charge in [-0.15, -0.1) is 0 Å². The number of hydrogen-bond donors (Lipinski definition) is 2. The predicted molar refractivity (Wildman–Crippen MR) is 122 cm³/mol. The van der Waals surface area contributed by atoms with Crippen LogP contribution in [0.3, 0.4) is 0 Å². The van der Waals surface area contributed by atoms with Gasteiger partial charge in [0, 0.05) is 42.9 Å². The van der Waals surface area contributed by atoms with Crippen molar-refractivity contribution in [3.05, 3.63) is 59.9 Å². The number of amides is 1. The van der Waals surface area contributed by atoms with Crippen molar-refractivity contribution < 1.29 is 4.79 Å². The van der Waals surface area contributed by atoms with E-state index in [4.69, 9.17) is 0 Å². The summed E-state index contributed by atoms with van der Waals surface area (Å²) in [6, 6.07) is 11.7. The Kier molecular flexibility index (Phi) is 7.68. The Morgan fingerprint density at radius 1 is 1.07 bits per heavy atom. The third-order valence-electron chi connectivity index (χ3n) is 5.41. The molecule has 0 atom stereocenters. The van der Waals surface area contributed by atoms with Crippen molar-refractivity contribution in [3.63, 3.8) is 0 Å². The van der Waals surface area contributed by atoms with Crippen LogP contribution in [0.5, 0.6) is 0 Å².